The molecule has 1 heterocycles. The number of sulfonamides is 1. The second-order valence-corrected chi connectivity index (χ2v) is 10.5. The van der Waals surface area contributed by atoms with Crippen LogP contribution in [0.25, 0.3) is 0 Å². The Hall–Kier alpha value is -3.36. The first-order chi connectivity index (χ1) is 15.6. The molecular formula is C24H21ClN2O5S. The summed E-state index contributed by atoms with van der Waals surface area (Å²) in [6, 6.07) is 20.3. The number of para-hydroxylation sites is 1. The quantitative estimate of drug-likeness (QED) is 0.544. The van der Waals surface area contributed by atoms with E-state index in [1.165, 1.54) is 18.2 Å². The first kappa shape index (κ1) is 22.8. The highest BCUT2D eigenvalue weighted by molar-refractivity contribution is 7.94. The molecule has 1 fully saturated rings. The zero-order valence-electron chi connectivity index (χ0n) is 17.9. The molecule has 0 radical (unpaired) electrons. The maximum Gasteiger partial charge on any atom is 0.255 e. The highest BCUT2D eigenvalue weighted by Gasteiger charge is 2.50. The molecule has 1 aliphatic heterocycles. The van der Waals surface area contributed by atoms with Crippen molar-refractivity contribution < 1.29 is 22.7 Å². The Morgan fingerprint density at radius 2 is 1.64 bits per heavy atom. The predicted molar refractivity (Wildman–Crippen MR) is 127 cm³/mol. The van der Waals surface area contributed by atoms with E-state index in [2.05, 4.69) is 5.32 Å². The van der Waals surface area contributed by atoms with Crippen molar-refractivity contribution in [2.75, 3.05) is 15.4 Å². The Kier molecular flexibility index (Phi) is 5.90. The van der Waals surface area contributed by atoms with Crippen molar-refractivity contribution in [3.63, 3.8) is 0 Å². The van der Waals surface area contributed by atoms with Gasteiger partial charge in [0.05, 0.1) is 21.9 Å². The molecule has 3 aromatic rings. The van der Waals surface area contributed by atoms with Crippen LogP contribution in [0.3, 0.4) is 0 Å². The smallest absolute Gasteiger partial charge is 0.255 e. The third-order valence-corrected chi connectivity index (χ3v) is 7.43. The highest BCUT2D eigenvalue weighted by Crippen LogP contribution is 2.39. The Morgan fingerprint density at radius 1 is 1.00 bits per heavy atom. The minimum absolute atomic E-state index is 0.0356. The summed E-state index contributed by atoms with van der Waals surface area (Å²) in [6.07, 6.45) is 0. The fraction of sp³-hybridized carbons (Fsp3) is 0.167. The normalized spacial score (nSPS) is 16.5. The molecule has 9 heteroatoms. The minimum atomic E-state index is -3.90. The molecule has 2 amide bonds. The molecule has 0 spiro atoms. The lowest BCUT2D eigenvalue weighted by Gasteiger charge is -2.19. The lowest BCUT2D eigenvalue weighted by molar-refractivity contribution is -0.123. The molecule has 0 atom stereocenters. The SMILES string of the molecule is CC1(C)CS(=O)(=O)N(c2cc(C(=O)Nc3ccc(Oc4ccccc4)cc3)ccc2Cl)C1=O. The fourth-order valence-electron chi connectivity index (χ4n) is 3.49. The Balaban J connectivity index is 1.53. The van der Waals surface area contributed by atoms with Crippen molar-refractivity contribution in [2.45, 2.75) is 13.8 Å². The van der Waals surface area contributed by atoms with Gasteiger partial charge in [-0.3, -0.25) is 9.59 Å². The average molecular weight is 485 g/mol. The van der Waals surface area contributed by atoms with E-state index in [0.29, 0.717) is 21.5 Å². The molecule has 0 aromatic heterocycles. The molecule has 7 nitrogen and oxygen atoms in total. The monoisotopic (exact) mass is 484 g/mol. The molecule has 1 N–H and O–H groups in total. The van der Waals surface area contributed by atoms with E-state index < -0.39 is 27.3 Å². The molecule has 3 aromatic carbocycles. The van der Waals surface area contributed by atoms with E-state index in [1.54, 1.807) is 38.1 Å². The highest BCUT2D eigenvalue weighted by atomic mass is 35.5. The van der Waals surface area contributed by atoms with Gasteiger partial charge in [0.1, 0.15) is 11.5 Å². The lowest BCUT2D eigenvalue weighted by Crippen LogP contribution is -2.33. The second-order valence-electron chi connectivity index (χ2n) is 8.27. The summed E-state index contributed by atoms with van der Waals surface area (Å²) < 4.78 is 31.6. The van der Waals surface area contributed by atoms with Crippen LogP contribution in [0.5, 0.6) is 11.5 Å². The third-order valence-electron chi connectivity index (χ3n) is 5.10. The number of carbonyl (C=O) groups is 2. The first-order valence-electron chi connectivity index (χ1n) is 10.1. The Bertz CT molecular complexity index is 1320. The molecule has 1 saturated heterocycles. The number of ether oxygens (including phenoxy) is 1. The number of anilines is 2. The van der Waals surface area contributed by atoms with Crippen LogP contribution in [0.15, 0.2) is 72.8 Å². The van der Waals surface area contributed by atoms with Crippen LogP contribution in [0.2, 0.25) is 5.02 Å². The van der Waals surface area contributed by atoms with Crippen LogP contribution < -0.4 is 14.4 Å². The zero-order chi connectivity index (χ0) is 23.8. The van der Waals surface area contributed by atoms with Gasteiger partial charge < -0.3 is 10.1 Å². The summed E-state index contributed by atoms with van der Waals surface area (Å²) in [5.74, 6) is -0.0990. The number of hydrogen-bond acceptors (Lipinski definition) is 5. The van der Waals surface area contributed by atoms with Crippen LogP contribution in [0.4, 0.5) is 11.4 Å². The Labute approximate surface area is 197 Å². The number of nitrogens with one attached hydrogen (secondary N) is 1. The first-order valence-corrected chi connectivity index (χ1v) is 12.1. The molecular weight excluding hydrogens is 464 g/mol. The van der Waals surface area contributed by atoms with Gasteiger partial charge in [0.15, 0.2) is 0 Å². The number of hydrogen-bond donors (Lipinski definition) is 1. The number of benzene rings is 3. The molecule has 4 rings (SSSR count). The summed E-state index contributed by atoms with van der Waals surface area (Å²) in [5.41, 5.74) is -0.439. The summed E-state index contributed by atoms with van der Waals surface area (Å²) >= 11 is 6.21. The lowest BCUT2D eigenvalue weighted by atomic mass is 9.95. The van der Waals surface area contributed by atoms with Gasteiger partial charge >= 0.3 is 0 Å². The van der Waals surface area contributed by atoms with Gasteiger partial charge in [-0.05, 0) is 68.4 Å². The third kappa shape index (κ3) is 4.72. The molecule has 1 aliphatic rings. The van der Waals surface area contributed by atoms with E-state index >= 15 is 0 Å². The van der Waals surface area contributed by atoms with E-state index in [0.717, 1.165) is 0 Å². The minimum Gasteiger partial charge on any atom is -0.457 e. The molecule has 0 bridgehead atoms. The molecule has 0 aliphatic carbocycles. The van der Waals surface area contributed by atoms with Crippen LogP contribution in [0, 0.1) is 5.41 Å². The van der Waals surface area contributed by atoms with Crippen LogP contribution in [0.1, 0.15) is 24.2 Å². The van der Waals surface area contributed by atoms with Crippen LogP contribution >= 0.6 is 11.6 Å². The number of nitrogens with zero attached hydrogens (tertiary/aromatic N) is 1. The number of carbonyl (C=O) groups excluding carboxylic acids is 2. The summed E-state index contributed by atoms with van der Waals surface area (Å²) in [7, 11) is -3.90. The topological polar surface area (TPSA) is 92.8 Å². The fourth-order valence-corrected chi connectivity index (χ4v) is 5.85. The van der Waals surface area contributed by atoms with E-state index in [1.807, 2.05) is 30.3 Å². The van der Waals surface area contributed by atoms with Crippen molar-refractivity contribution >= 4 is 44.8 Å². The number of rotatable bonds is 5. The van der Waals surface area contributed by atoms with E-state index in [9.17, 15) is 18.0 Å². The molecule has 33 heavy (non-hydrogen) atoms. The van der Waals surface area contributed by atoms with Crippen molar-refractivity contribution in [3.8, 4) is 11.5 Å². The van der Waals surface area contributed by atoms with E-state index in [-0.39, 0.29) is 22.0 Å². The molecule has 0 saturated carbocycles. The van der Waals surface area contributed by atoms with Gasteiger partial charge in [0, 0.05) is 11.3 Å². The standard InChI is InChI=1S/C24H21ClN2O5S/c1-24(2)15-33(30,31)27(23(24)29)21-14-16(8-13-20(21)25)22(28)26-17-9-11-19(12-10-17)32-18-6-4-3-5-7-18/h3-14H,15H2,1-2H3,(H,26,28). The van der Waals surface area contributed by atoms with Crippen molar-refractivity contribution in [1.29, 1.82) is 0 Å². The van der Waals surface area contributed by atoms with Gasteiger partial charge in [-0.25, -0.2) is 12.7 Å². The zero-order valence-corrected chi connectivity index (χ0v) is 19.5. The number of amides is 2. The summed E-state index contributed by atoms with van der Waals surface area (Å²) in [5, 5.41) is 2.80. The Morgan fingerprint density at radius 3 is 2.24 bits per heavy atom. The average Bonchev–Trinajstić information content (AvgIpc) is 2.93. The second kappa shape index (κ2) is 8.53. The molecule has 170 valence electrons. The van der Waals surface area contributed by atoms with Crippen LogP contribution in [-0.2, 0) is 14.8 Å². The van der Waals surface area contributed by atoms with Gasteiger partial charge in [0.2, 0.25) is 15.9 Å². The molecule has 0 unspecified atom stereocenters. The van der Waals surface area contributed by atoms with Crippen molar-refractivity contribution in [2.24, 2.45) is 5.41 Å². The van der Waals surface area contributed by atoms with Crippen molar-refractivity contribution in [1.82, 2.24) is 0 Å². The summed E-state index contributed by atoms with van der Waals surface area (Å²) in [4.78, 5) is 25.5. The largest absolute Gasteiger partial charge is 0.457 e. The van der Waals surface area contributed by atoms with Gasteiger partial charge in [0.25, 0.3) is 5.91 Å². The van der Waals surface area contributed by atoms with E-state index in [4.69, 9.17) is 16.3 Å². The summed E-state index contributed by atoms with van der Waals surface area (Å²) in [6.45, 7) is 3.12. The maximum absolute atomic E-state index is 12.8. The van der Waals surface area contributed by atoms with Gasteiger partial charge in [-0.1, -0.05) is 29.8 Å². The predicted octanol–water partition coefficient (Wildman–Crippen LogP) is 5.09. The van der Waals surface area contributed by atoms with Gasteiger partial charge in [-0.2, -0.15) is 0 Å². The van der Waals surface area contributed by atoms with Crippen LogP contribution in [-0.4, -0.2) is 26.0 Å². The maximum atomic E-state index is 12.8. The van der Waals surface area contributed by atoms with Crippen molar-refractivity contribution in [3.05, 3.63) is 83.4 Å². The van der Waals surface area contributed by atoms with Gasteiger partial charge in [-0.15, -0.1) is 0 Å². The number of halogens is 1.